The Morgan fingerprint density at radius 1 is 1.32 bits per heavy atom. The molecule has 118 valence electrons. The van der Waals surface area contributed by atoms with Crippen LogP contribution in [-0.4, -0.2) is 41.9 Å². The van der Waals surface area contributed by atoms with Crippen LogP contribution in [0.15, 0.2) is 18.2 Å². The minimum Gasteiger partial charge on any atom is -0.339 e. The van der Waals surface area contributed by atoms with Crippen molar-refractivity contribution < 1.29 is 9.72 Å². The molecular formula is C16H21N3O3. The van der Waals surface area contributed by atoms with Crippen molar-refractivity contribution in [1.82, 2.24) is 10.2 Å². The molecular weight excluding hydrogens is 282 g/mol. The zero-order valence-corrected chi connectivity index (χ0v) is 12.8. The number of nitrogens with zero attached hydrogens (tertiary/aromatic N) is 2. The molecule has 22 heavy (non-hydrogen) atoms. The highest BCUT2D eigenvalue weighted by atomic mass is 16.6. The van der Waals surface area contributed by atoms with Crippen LogP contribution in [0.4, 0.5) is 5.69 Å². The van der Waals surface area contributed by atoms with E-state index in [1.165, 1.54) is 12.5 Å². The fraction of sp³-hybridized carbons (Fsp3) is 0.562. The first kappa shape index (κ1) is 15.0. The van der Waals surface area contributed by atoms with Gasteiger partial charge in [-0.15, -0.1) is 0 Å². The molecule has 2 saturated heterocycles. The number of amides is 1. The summed E-state index contributed by atoms with van der Waals surface area (Å²) in [5.74, 6) is -0.0815. The molecule has 2 fully saturated rings. The Bertz CT molecular complexity index is 599. The lowest BCUT2D eigenvalue weighted by Gasteiger charge is -2.39. The van der Waals surface area contributed by atoms with Gasteiger partial charge in [-0.2, -0.15) is 0 Å². The van der Waals surface area contributed by atoms with Crippen molar-refractivity contribution in [3.05, 3.63) is 39.4 Å². The largest absolute Gasteiger partial charge is 0.339 e. The van der Waals surface area contributed by atoms with Crippen LogP contribution in [0.3, 0.4) is 0 Å². The summed E-state index contributed by atoms with van der Waals surface area (Å²) in [6, 6.07) is 4.72. The van der Waals surface area contributed by atoms with E-state index in [2.05, 4.69) is 5.32 Å². The van der Waals surface area contributed by atoms with Crippen molar-refractivity contribution in [3.8, 4) is 0 Å². The summed E-state index contributed by atoms with van der Waals surface area (Å²) < 4.78 is 0. The maximum Gasteiger partial charge on any atom is 0.273 e. The highest BCUT2D eigenvalue weighted by molar-refractivity contribution is 5.96. The SMILES string of the molecule is Cc1c(C(=O)N2CCC3(CCNC3)CC2)cccc1[N+](=O)[O-]. The summed E-state index contributed by atoms with van der Waals surface area (Å²) in [6.45, 7) is 5.24. The number of likely N-dealkylation sites (tertiary alicyclic amines) is 1. The number of piperidine rings is 1. The fourth-order valence-corrected chi connectivity index (χ4v) is 3.63. The highest BCUT2D eigenvalue weighted by Crippen LogP contribution is 2.37. The third kappa shape index (κ3) is 2.59. The van der Waals surface area contributed by atoms with E-state index in [-0.39, 0.29) is 11.6 Å². The minimum absolute atomic E-state index is 0.0133. The van der Waals surface area contributed by atoms with Crippen molar-refractivity contribution in [1.29, 1.82) is 0 Å². The molecule has 0 saturated carbocycles. The van der Waals surface area contributed by atoms with Gasteiger partial charge in [0.05, 0.1) is 4.92 Å². The minimum atomic E-state index is -0.429. The van der Waals surface area contributed by atoms with Crippen molar-refractivity contribution >= 4 is 11.6 Å². The van der Waals surface area contributed by atoms with Crippen LogP contribution in [-0.2, 0) is 0 Å². The summed E-state index contributed by atoms with van der Waals surface area (Å²) in [6.07, 6.45) is 3.21. The second-order valence-electron chi connectivity index (χ2n) is 6.43. The van der Waals surface area contributed by atoms with E-state index in [0.29, 0.717) is 16.5 Å². The van der Waals surface area contributed by atoms with Crippen LogP contribution >= 0.6 is 0 Å². The predicted molar refractivity (Wildman–Crippen MR) is 82.9 cm³/mol. The fourth-order valence-electron chi connectivity index (χ4n) is 3.63. The first-order valence-corrected chi connectivity index (χ1v) is 7.76. The Morgan fingerprint density at radius 2 is 2.05 bits per heavy atom. The lowest BCUT2D eigenvalue weighted by molar-refractivity contribution is -0.385. The first-order chi connectivity index (χ1) is 10.5. The van der Waals surface area contributed by atoms with Gasteiger partial charge in [0.25, 0.3) is 11.6 Å². The Labute approximate surface area is 129 Å². The third-order valence-electron chi connectivity index (χ3n) is 5.18. The Balaban J connectivity index is 1.75. The molecule has 2 aliphatic rings. The Morgan fingerprint density at radius 3 is 2.64 bits per heavy atom. The lowest BCUT2D eigenvalue weighted by atomic mass is 9.77. The summed E-state index contributed by atoms with van der Waals surface area (Å²) in [7, 11) is 0. The molecule has 0 atom stereocenters. The van der Waals surface area contributed by atoms with E-state index in [9.17, 15) is 14.9 Å². The Kier molecular flexibility index (Phi) is 3.87. The number of hydrogen-bond donors (Lipinski definition) is 1. The molecule has 2 aliphatic heterocycles. The zero-order valence-electron chi connectivity index (χ0n) is 12.8. The summed E-state index contributed by atoms with van der Waals surface area (Å²) in [5, 5.41) is 14.4. The maximum absolute atomic E-state index is 12.7. The lowest BCUT2D eigenvalue weighted by Crippen LogP contribution is -2.44. The van der Waals surface area contributed by atoms with Crippen molar-refractivity contribution in [2.45, 2.75) is 26.2 Å². The molecule has 3 rings (SSSR count). The van der Waals surface area contributed by atoms with Crippen molar-refractivity contribution in [3.63, 3.8) is 0 Å². The number of rotatable bonds is 2. The molecule has 1 N–H and O–H groups in total. The molecule has 0 aliphatic carbocycles. The Hall–Kier alpha value is -1.95. The molecule has 0 aromatic heterocycles. The molecule has 6 heteroatoms. The van der Waals surface area contributed by atoms with Gasteiger partial charge in [-0.25, -0.2) is 0 Å². The molecule has 1 amide bonds. The highest BCUT2D eigenvalue weighted by Gasteiger charge is 2.38. The number of nitro groups is 1. The van der Waals surface area contributed by atoms with Gasteiger partial charge in [-0.1, -0.05) is 6.07 Å². The summed E-state index contributed by atoms with van der Waals surface area (Å²) in [5.41, 5.74) is 1.28. The van der Waals surface area contributed by atoms with Gasteiger partial charge in [0.15, 0.2) is 0 Å². The van der Waals surface area contributed by atoms with Gasteiger partial charge in [-0.3, -0.25) is 14.9 Å². The smallest absolute Gasteiger partial charge is 0.273 e. The average molecular weight is 303 g/mol. The maximum atomic E-state index is 12.7. The van der Waals surface area contributed by atoms with E-state index in [1.54, 1.807) is 19.1 Å². The van der Waals surface area contributed by atoms with Gasteiger partial charge in [0, 0.05) is 36.8 Å². The molecule has 1 aromatic rings. The van der Waals surface area contributed by atoms with Crippen molar-refractivity contribution in [2.75, 3.05) is 26.2 Å². The topological polar surface area (TPSA) is 75.5 Å². The molecule has 0 bridgehead atoms. The monoisotopic (exact) mass is 303 g/mol. The standard InChI is InChI=1S/C16H21N3O3/c1-12-13(3-2-4-14(12)19(21)22)15(20)18-9-6-16(7-10-18)5-8-17-11-16/h2-4,17H,5-11H2,1H3. The predicted octanol–water partition coefficient (Wildman–Crippen LogP) is 2.12. The van der Waals surface area contributed by atoms with Crippen LogP contribution < -0.4 is 5.32 Å². The number of hydrogen-bond acceptors (Lipinski definition) is 4. The molecule has 0 unspecified atom stereocenters. The van der Waals surface area contributed by atoms with Gasteiger partial charge >= 0.3 is 0 Å². The molecule has 1 aromatic carbocycles. The molecule has 2 heterocycles. The van der Waals surface area contributed by atoms with Gasteiger partial charge < -0.3 is 10.2 Å². The van der Waals surface area contributed by atoms with Gasteiger partial charge in [0.2, 0.25) is 0 Å². The van der Waals surface area contributed by atoms with Gasteiger partial charge in [-0.05, 0) is 44.2 Å². The van der Waals surface area contributed by atoms with Crippen LogP contribution in [0.1, 0.15) is 35.2 Å². The van der Waals surface area contributed by atoms with E-state index in [0.717, 1.165) is 39.0 Å². The second-order valence-corrected chi connectivity index (χ2v) is 6.43. The van der Waals surface area contributed by atoms with E-state index < -0.39 is 4.92 Å². The molecule has 1 spiro atoms. The third-order valence-corrected chi connectivity index (χ3v) is 5.18. The average Bonchev–Trinajstić information content (AvgIpc) is 2.95. The normalized spacial score (nSPS) is 20.3. The first-order valence-electron chi connectivity index (χ1n) is 7.76. The number of carbonyl (C=O) groups excluding carboxylic acids is 1. The molecule has 0 radical (unpaired) electrons. The quantitative estimate of drug-likeness (QED) is 0.671. The number of nitro benzene ring substituents is 1. The van der Waals surface area contributed by atoms with E-state index in [1.807, 2.05) is 4.90 Å². The van der Waals surface area contributed by atoms with Crippen LogP contribution in [0.25, 0.3) is 0 Å². The van der Waals surface area contributed by atoms with Crippen LogP contribution in [0.5, 0.6) is 0 Å². The summed E-state index contributed by atoms with van der Waals surface area (Å²) >= 11 is 0. The van der Waals surface area contributed by atoms with E-state index >= 15 is 0 Å². The zero-order chi connectivity index (χ0) is 15.7. The number of benzene rings is 1. The van der Waals surface area contributed by atoms with Gasteiger partial charge in [0.1, 0.15) is 0 Å². The second kappa shape index (κ2) is 5.68. The number of nitrogens with one attached hydrogen (secondary N) is 1. The summed E-state index contributed by atoms with van der Waals surface area (Å²) in [4.78, 5) is 25.1. The van der Waals surface area contributed by atoms with E-state index in [4.69, 9.17) is 0 Å². The number of carbonyl (C=O) groups is 1. The molecule has 6 nitrogen and oxygen atoms in total. The van der Waals surface area contributed by atoms with Crippen LogP contribution in [0.2, 0.25) is 0 Å². The van der Waals surface area contributed by atoms with Crippen LogP contribution in [0, 0.1) is 22.5 Å². The van der Waals surface area contributed by atoms with Crippen molar-refractivity contribution in [2.24, 2.45) is 5.41 Å².